The van der Waals surface area contributed by atoms with Crippen molar-refractivity contribution in [2.45, 2.75) is 64.3 Å². The van der Waals surface area contributed by atoms with Crippen molar-refractivity contribution in [1.29, 1.82) is 0 Å². The number of benzene rings is 3. The maximum absolute atomic E-state index is 14.9. The lowest BCUT2D eigenvalue weighted by Gasteiger charge is -2.40. The zero-order chi connectivity index (χ0) is 36.7. The number of ether oxygens (including phenoxy) is 5. The third kappa shape index (κ3) is 10.2. The average Bonchev–Trinajstić information content (AvgIpc) is 3.93. The van der Waals surface area contributed by atoms with Crippen molar-refractivity contribution >= 4 is 64.0 Å². The highest BCUT2D eigenvalue weighted by atomic mass is 35.5. The number of halogens is 4. The number of nitrogens with zero attached hydrogens (tertiary/aromatic N) is 2. The molecule has 3 aromatic rings. The van der Waals surface area contributed by atoms with Gasteiger partial charge in [-0.05, 0) is 87.1 Å². The van der Waals surface area contributed by atoms with Gasteiger partial charge in [0.1, 0.15) is 31.4 Å². The number of rotatable bonds is 14. The fourth-order valence-electron chi connectivity index (χ4n) is 5.84. The van der Waals surface area contributed by atoms with Gasteiger partial charge in [0.25, 0.3) is 5.91 Å². The van der Waals surface area contributed by atoms with Crippen LogP contribution in [0.5, 0.6) is 11.5 Å². The van der Waals surface area contributed by atoms with Crippen molar-refractivity contribution in [3.8, 4) is 11.5 Å². The molecule has 1 fully saturated rings. The lowest BCUT2D eigenvalue weighted by molar-refractivity contribution is -0.129. The molecule has 1 aliphatic carbocycles. The molecular formula is C38H42Cl4N2O7. The molecule has 9 nitrogen and oxygen atoms in total. The molecule has 1 saturated carbocycles. The van der Waals surface area contributed by atoms with Gasteiger partial charge in [0.05, 0.1) is 32.7 Å². The molecule has 0 saturated heterocycles. The summed E-state index contributed by atoms with van der Waals surface area (Å²) in [6, 6.07) is 17.3. The minimum atomic E-state index is -0.757. The van der Waals surface area contributed by atoms with E-state index in [1.54, 1.807) is 29.2 Å². The highest BCUT2D eigenvalue weighted by Gasteiger charge is 2.43. The Hall–Kier alpha value is -3.18. The van der Waals surface area contributed by atoms with Crippen LogP contribution in [0.1, 0.15) is 51.2 Å². The Kier molecular flexibility index (Phi) is 13.4. The lowest BCUT2D eigenvalue weighted by atomic mass is 9.87. The molecule has 0 N–H and O–H groups in total. The van der Waals surface area contributed by atoms with E-state index in [0.717, 1.165) is 29.5 Å². The maximum Gasteiger partial charge on any atom is 0.410 e. The molecule has 5 rings (SSSR count). The molecule has 0 unspecified atom stereocenters. The Labute approximate surface area is 319 Å². The van der Waals surface area contributed by atoms with Crippen LogP contribution >= 0.6 is 46.4 Å². The molecule has 1 atom stereocenters. The summed E-state index contributed by atoms with van der Waals surface area (Å²) in [5.41, 5.74) is 2.07. The molecule has 2 amide bonds. The van der Waals surface area contributed by atoms with Crippen LogP contribution in [0.4, 0.5) is 4.79 Å². The number of hydrogen-bond donors (Lipinski definition) is 0. The summed E-state index contributed by atoms with van der Waals surface area (Å²) in [7, 11) is 1.52. The molecule has 0 spiro atoms. The SMILES string of the molecule is COCOC[C@@H]1C(C(=O)N(Cc2cccc(Cl)c2Cl)C2CC2)=C(c2ccc(OCCOc3c(Cl)cccc3Cl)cc2)CCN1C(=O)OC(C)(C)C. The van der Waals surface area contributed by atoms with Crippen LogP contribution in [0.3, 0.4) is 0 Å². The number of methoxy groups -OCH3 is 1. The minimum Gasteiger partial charge on any atom is -0.490 e. The number of carbonyl (C=O) groups excluding carboxylic acids is 2. The Balaban J connectivity index is 1.46. The van der Waals surface area contributed by atoms with Crippen LogP contribution in [0.25, 0.3) is 5.57 Å². The molecule has 0 bridgehead atoms. The Morgan fingerprint density at radius 2 is 1.53 bits per heavy atom. The Morgan fingerprint density at radius 3 is 2.18 bits per heavy atom. The zero-order valence-corrected chi connectivity index (χ0v) is 32.1. The molecule has 0 aromatic heterocycles. The van der Waals surface area contributed by atoms with Gasteiger partial charge in [0.15, 0.2) is 5.75 Å². The van der Waals surface area contributed by atoms with Crippen molar-refractivity contribution in [3.63, 3.8) is 0 Å². The van der Waals surface area contributed by atoms with Crippen molar-refractivity contribution in [2.75, 3.05) is 40.3 Å². The monoisotopic (exact) mass is 778 g/mol. The molecule has 3 aromatic carbocycles. The summed E-state index contributed by atoms with van der Waals surface area (Å²) in [6.07, 6.45) is 1.58. The van der Waals surface area contributed by atoms with E-state index in [9.17, 15) is 9.59 Å². The number of amides is 2. The van der Waals surface area contributed by atoms with Crippen molar-refractivity contribution in [3.05, 3.63) is 97.5 Å². The largest absolute Gasteiger partial charge is 0.490 e. The second kappa shape index (κ2) is 17.6. The van der Waals surface area contributed by atoms with E-state index in [4.69, 9.17) is 70.1 Å². The first-order valence-corrected chi connectivity index (χ1v) is 18.2. The number of hydrogen-bond acceptors (Lipinski definition) is 7. The van der Waals surface area contributed by atoms with E-state index in [0.29, 0.717) is 50.1 Å². The van der Waals surface area contributed by atoms with Gasteiger partial charge >= 0.3 is 6.09 Å². The van der Waals surface area contributed by atoms with Crippen LogP contribution in [0.15, 0.2) is 66.2 Å². The van der Waals surface area contributed by atoms with Crippen LogP contribution in [0.2, 0.25) is 20.1 Å². The van der Waals surface area contributed by atoms with Crippen molar-refractivity contribution < 1.29 is 33.3 Å². The van der Waals surface area contributed by atoms with E-state index in [1.807, 2.05) is 62.1 Å². The third-order valence-electron chi connectivity index (χ3n) is 8.31. The number of carbonyl (C=O) groups is 2. The predicted octanol–water partition coefficient (Wildman–Crippen LogP) is 9.33. The lowest BCUT2D eigenvalue weighted by Crippen LogP contribution is -2.52. The van der Waals surface area contributed by atoms with Gasteiger partial charge in [0.2, 0.25) is 0 Å². The van der Waals surface area contributed by atoms with Crippen LogP contribution in [0, 0.1) is 0 Å². The van der Waals surface area contributed by atoms with Crippen LogP contribution in [-0.2, 0) is 25.5 Å². The molecule has 274 valence electrons. The second-order valence-corrected chi connectivity index (χ2v) is 14.9. The summed E-state index contributed by atoms with van der Waals surface area (Å²) in [5, 5.41) is 1.66. The highest BCUT2D eigenvalue weighted by molar-refractivity contribution is 6.42. The molecule has 1 aliphatic heterocycles. The predicted molar refractivity (Wildman–Crippen MR) is 200 cm³/mol. The fourth-order valence-corrected chi connectivity index (χ4v) is 6.73. The summed E-state index contributed by atoms with van der Waals surface area (Å²) < 4.78 is 28.5. The first kappa shape index (κ1) is 39.0. The molecule has 2 aliphatic rings. The standard InChI is InChI=1S/C38H42Cl4N2O7/c1-38(2,3)51-37(46)43-18-17-28(24-11-15-27(16-12-24)49-19-20-50-35-30(40)9-6-10-31(35)41)33(32(43)22-48-23-47-4)36(45)44(26-13-14-26)21-25-7-5-8-29(39)34(25)42/h5-12,15-16,26,32H,13-14,17-23H2,1-4H3/t32-/m1/s1. The van der Waals surface area contributed by atoms with Gasteiger partial charge in [-0.15, -0.1) is 0 Å². The van der Waals surface area contributed by atoms with E-state index >= 15 is 0 Å². The minimum absolute atomic E-state index is 0.0115. The third-order valence-corrected chi connectivity index (χ3v) is 9.77. The fraction of sp³-hybridized carbons (Fsp3) is 0.421. The van der Waals surface area contributed by atoms with Crippen LogP contribution in [-0.4, -0.2) is 79.8 Å². The van der Waals surface area contributed by atoms with Gasteiger partial charge in [-0.25, -0.2) is 4.79 Å². The molecule has 51 heavy (non-hydrogen) atoms. The van der Waals surface area contributed by atoms with E-state index in [1.165, 1.54) is 7.11 Å². The van der Waals surface area contributed by atoms with E-state index in [-0.39, 0.29) is 45.1 Å². The average molecular weight is 781 g/mol. The first-order chi connectivity index (χ1) is 24.4. The quantitative estimate of drug-likeness (QED) is 0.119. The molecule has 0 radical (unpaired) electrons. The first-order valence-electron chi connectivity index (χ1n) is 16.7. The highest BCUT2D eigenvalue weighted by Crippen LogP contribution is 2.39. The van der Waals surface area contributed by atoms with Gasteiger partial charge in [-0.3, -0.25) is 9.69 Å². The Morgan fingerprint density at radius 1 is 0.882 bits per heavy atom. The summed E-state index contributed by atoms with van der Waals surface area (Å²) >= 11 is 25.4. The smallest absolute Gasteiger partial charge is 0.410 e. The maximum atomic E-state index is 14.9. The van der Waals surface area contributed by atoms with Gasteiger partial charge in [-0.2, -0.15) is 0 Å². The number of para-hydroxylation sites is 1. The summed E-state index contributed by atoms with van der Waals surface area (Å²) in [5.74, 6) is 0.810. The van der Waals surface area contributed by atoms with Crippen molar-refractivity contribution in [1.82, 2.24) is 9.80 Å². The second-order valence-electron chi connectivity index (χ2n) is 13.3. The molecule has 13 heteroatoms. The van der Waals surface area contributed by atoms with E-state index in [2.05, 4.69) is 0 Å². The topological polar surface area (TPSA) is 86.8 Å². The Bertz CT molecular complexity index is 1700. The zero-order valence-electron chi connectivity index (χ0n) is 29.1. The van der Waals surface area contributed by atoms with Crippen LogP contribution < -0.4 is 9.47 Å². The van der Waals surface area contributed by atoms with Crippen molar-refractivity contribution in [2.24, 2.45) is 0 Å². The normalized spacial score (nSPS) is 16.2. The molecule has 1 heterocycles. The van der Waals surface area contributed by atoms with Gasteiger partial charge < -0.3 is 28.6 Å². The van der Waals surface area contributed by atoms with Gasteiger partial charge in [0, 0.05) is 31.8 Å². The summed E-state index contributed by atoms with van der Waals surface area (Å²) in [6.45, 7) is 6.48. The summed E-state index contributed by atoms with van der Waals surface area (Å²) in [4.78, 5) is 32.0. The van der Waals surface area contributed by atoms with E-state index < -0.39 is 17.7 Å². The molecular weight excluding hydrogens is 738 g/mol. The van der Waals surface area contributed by atoms with Gasteiger partial charge in [-0.1, -0.05) is 76.7 Å².